The predicted octanol–water partition coefficient (Wildman–Crippen LogP) is 4.77. The molecule has 1 aromatic heterocycles. The monoisotopic (exact) mass is 299 g/mol. The average Bonchev–Trinajstić information content (AvgIpc) is 2.97. The third kappa shape index (κ3) is 4.79. The molecule has 0 N–H and O–H groups in total. The second-order valence-corrected chi connectivity index (χ2v) is 5.61. The largest absolute Gasteiger partial charge is 0.273 e. The Balaban J connectivity index is 1.64. The fraction of sp³-hybridized carbons (Fsp3) is 0.500. The van der Waals surface area contributed by atoms with Crippen LogP contribution in [0.3, 0.4) is 0 Å². The van der Waals surface area contributed by atoms with Gasteiger partial charge in [0.1, 0.15) is 5.52 Å². The van der Waals surface area contributed by atoms with Crippen LogP contribution in [0.5, 0.6) is 0 Å². The second-order valence-electron chi connectivity index (χ2n) is 5.61. The van der Waals surface area contributed by atoms with Crippen molar-refractivity contribution in [3.63, 3.8) is 0 Å². The molecule has 2 aromatic rings. The number of benzene rings is 1. The molecular weight excluding hydrogens is 274 g/mol. The van der Waals surface area contributed by atoms with Crippen LogP contribution in [0.2, 0.25) is 0 Å². The minimum absolute atomic E-state index is 0.0433. The molecule has 4 nitrogen and oxygen atoms in total. The van der Waals surface area contributed by atoms with Gasteiger partial charge in [-0.15, -0.1) is 5.10 Å². The molecule has 0 saturated heterocycles. The van der Waals surface area contributed by atoms with E-state index in [0.717, 1.165) is 23.9 Å². The van der Waals surface area contributed by atoms with Gasteiger partial charge in [-0.1, -0.05) is 55.2 Å². The Labute approximate surface area is 132 Å². The lowest BCUT2D eigenvalue weighted by molar-refractivity contribution is 0.0886. The summed E-state index contributed by atoms with van der Waals surface area (Å²) in [5.74, 6) is 0.0433. The Kier molecular flexibility index (Phi) is 6.81. The number of para-hydroxylation sites is 1. The zero-order valence-electron chi connectivity index (χ0n) is 13.4. The van der Waals surface area contributed by atoms with Crippen LogP contribution < -0.4 is 0 Å². The number of allylic oxidation sites excluding steroid dienone is 2. The van der Waals surface area contributed by atoms with Gasteiger partial charge in [0.15, 0.2) is 0 Å². The third-order valence-electron chi connectivity index (χ3n) is 3.84. The van der Waals surface area contributed by atoms with Gasteiger partial charge in [-0.25, -0.2) is 0 Å². The van der Waals surface area contributed by atoms with Crippen molar-refractivity contribution in [2.24, 2.45) is 0 Å². The summed E-state index contributed by atoms with van der Waals surface area (Å²) in [7, 11) is 0. The summed E-state index contributed by atoms with van der Waals surface area (Å²) >= 11 is 0. The number of aromatic nitrogens is 3. The Hall–Kier alpha value is -1.97. The Bertz CT molecular complexity index is 616. The van der Waals surface area contributed by atoms with Gasteiger partial charge in [-0.3, -0.25) is 4.79 Å². The first-order chi connectivity index (χ1) is 10.8. The average molecular weight is 299 g/mol. The van der Waals surface area contributed by atoms with Crippen molar-refractivity contribution in [2.75, 3.05) is 0 Å². The first kappa shape index (κ1) is 16.4. The van der Waals surface area contributed by atoms with Crippen molar-refractivity contribution in [2.45, 2.75) is 58.3 Å². The maximum atomic E-state index is 12.2. The summed E-state index contributed by atoms with van der Waals surface area (Å²) in [6.07, 6.45) is 13.1. The summed E-state index contributed by atoms with van der Waals surface area (Å²) in [4.78, 5) is 12.2. The number of fused-ring (bicyclic) bond motifs is 1. The number of hydrogen-bond acceptors (Lipinski definition) is 3. The van der Waals surface area contributed by atoms with E-state index >= 15 is 0 Å². The van der Waals surface area contributed by atoms with Gasteiger partial charge in [0.2, 0.25) is 5.91 Å². The molecule has 0 bridgehead atoms. The lowest BCUT2D eigenvalue weighted by Crippen LogP contribution is -2.12. The van der Waals surface area contributed by atoms with Crippen molar-refractivity contribution in [3.8, 4) is 0 Å². The summed E-state index contributed by atoms with van der Waals surface area (Å²) in [5, 5.41) is 7.98. The summed E-state index contributed by atoms with van der Waals surface area (Å²) in [6, 6.07) is 7.57. The number of hydrogen-bond donors (Lipinski definition) is 0. The molecule has 1 heterocycles. The number of unbranched alkanes of at least 4 members (excludes halogenated alkanes) is 6. The van der Waals surface area contributed by atoms with Crippen LogP contribution >= 0.6 is 0 Å². The standard InChI is InChI=1S/C18H25N3O/c1-2-3-4-5-6-7-8-9-10-15-18(22)21-17-14-12-11-13-16(17)19-20-21/h2-3,11-14H,4-10,15H2,1H3/b3-2+. The third-order valence-corrected chi connectivity index (χ3v) is 3.84. The van der Waals surface area contributed by atoms with E-state index in [-0.39, 0.29) is 5.91 Å². The molecule has 0 aliphatic carbocycles. The zero-order chi connectivity index (χ0) is 15.6. The summed E-state index contributed by atoms with van der Waals surface area (Å²) < 4.78 is 1.44. The zero-order valence-corrected chi connectivity index (χ0v) is 13.4. The molecule has 0 aliphatic rings. The van der Waals surface area contributed by atoms with Crippen molar-refractivity contribution < 1.29 is 4.79 Å². The highest BCUT2D eigenvalue weighted by Gasteiger charge is 2.10. The van der Waals surface area contributed by atoms with Crippen molar-refractivity contribution in [3.05, 3.63) is 36.4 Å². The van der Waals surface area contributed by atoms with E-state index in [4.69, 9.17) is 0 Å². The van der Waals surface area contributed by atoms with Gasteiger partial charge >= 0.3 is 0 Å². The van der Waals surface area contributed by atoms with E-state index in [9.17, 15) is 4.79 Å². The number of carbonyl (C=O) groups excluding carboxylic acids is 1. The highest BCUT2D eigenvalue weighted by molar-refractivity contribution is 5.88. The molecule has 0 atom stereocenters. The quantitative estimate of drug-likeness (QED) is 0.495. The number of rotatable bonds is 9. The Morgan fingerprint density at radius 2 is 1.82 bits per heavy atom. The van der Waals surface area contributed by atoms with Gasteiger partial charge in [0.05, 0.1) is 5.52 Å². The van der Waals surface area contributed by atoms with E-state index in [0.29, 0.717) is 6.42 Å². The van der Waals surface area contributed by atoms with E-state index in [1.807, 2.05) is 24.3 Å². The molecule has 0 amide bonds. The van der Waals surface area contributed by atoms with Crippen molar-refractivity contribution in [1.29, 1.82) is 0 Å². The van der Waals surface area contributed by atoms with Crippen LogP contribution in [-0.2, 0) is 0 Å². The topological polar surface area (TPSA) is 47.8 Å². The van der Waals surface area contributed by atoms with Crippen LogP contribution in [-0.4, -0.2) is 20.9 Å². The Morgan fingerprint density at radius 1 is 1.09 bits per heavy atom. The number of nitrogens with zero attached hydrogens (tertiary/aromatic N) is 3. The molecule has 1 aromatic carbocycles. The molecule has 0 unspecified atom stereocenters. The van der Waals surface area contributed by atoms with Crippen LogP contribution in [0, 0.1) is 0 Å². The van der Waals surface area contributed by atoms with E-state index in [1.54, 1.807) is 0 Å². The maximum Gasteiger partial charge on any atom is 0.248 e. The van der Waals surface area contributed by atoms with Crippen LogP contribution in [0.25, 0.3) is 11.0 Å². The number of carbonyl (C=O) groups is 1. The van der Waals surface area contributed by atoms with Crippen LogP contribution in [0.1, 0.15) is 63.1 Å². The second kappa shape index (κ2) is 9.13. The molecular formula is C18H25N3O. The van der Waals surface area contributed by atoms with Crippen LogP contribution in [0.15, 0.2) is 36.4 Å². The van der Waals surface area contributed by atoms with Gasteiger partial charge in [-0.05, 0) is 38.3 Å². The van der Waals surface area contributed by atoms with Gasteiger partial charge in [0, 0.05) is 6.42 Å². The lowest BCUT2D eigenvalue weighted by Gasteiger charge is -2.02. The van der Waals surface area contributed by atoms with Crippen molar-refractivity contribution in [1.82, 2.24) is 15.0 Å². The van der Waals surface area contributed by atoms with Gasteiger partial charge < -0.3 is 0 Å². The fourth-order valence-electron chi connectivity index (χ4n) is 2.57. The first-order valence-corrected chi connectivity index (χ1v) is 8.27. The van der Waals surface area contributed by atoms with Gasteiger partial charge in [0.25, 0.3) is 0 Å². The molecule has 0 fully saturated rings. The first-order valence-electron chi connectivity index (χ1n) is 8.27. The lowest BCUT2D eigenvalue weighted by atomic mass is 10.1. The van der Waals surface area contributed by atoms with Crippen LogP contribution in [0.4, 0.5) is 0 Å². The highest BCUT2D eigenvalue weighted by Crippen LogP contribution is 2.13. The molecule has 118 valence electrons. The van der Waals surface area contributed by atoms with Crippen molar-refractivity contribution >= 4 is 16.9 Å². The predicted molar refractivity (Wildman–Crippen MR) is 89.9 cm³/mol. The van der Waals surface area contributed by atoms with E-state index in [1.165, 1.54) is 36.8 Å². The molecule has 0 saturated carbocycles. The molecule has 2 rings (SSSR count). The Morgan fingerprint density at radius 3 is 2.64 bits per heavy atom. The molecule has 0 spiro atoms. The smallest absolute Gasteiger partial charge is 0.248 e. The molecule has 4 heteroatoms. The normalized spacial score (nSPS) is 11.5. The van der Waals surface area contributed by atoms with Gasteiger partial charge in [-0.2, -0.15) is 4.68 Å². The molecule has 22 heavy (non-hydrogen) atoms. The van der Waals surface area contributed by atoms with E-state index < -0.39 is 0 Å². The summed E-state index contributed by atoms with van der Waals surface area (Å²) in [5.41, 5.74) is 1.58. The molecule has 0 radical (unpaired) electrons. The fourth-order valence-corrected chi connectivity index (χ4v) is 2.57. The minimum Gasteiger partial charge on any atom is -0.273 e. The summed E-state index contributed by atoms with van der Waals surface area (Å²) in [6.45, 7) is 2.06. The molecule has 0 aliphatic heterocycles. The van der Waals surface area contributed by atoms with E-state index in [2.05, 4.69) is 29.4 Å². The maximum absolute atomic E-state index is 12.2. The SMILES string of the molecule is C/C=C/CCCCCCCCC(=O)n1nnc2ccccc21. The highest BCUT2D eigenvalue weighted by atomic mass is 16.2. The minimum atomic E-state index is 0.0433.